The van der Waals surface area contributed by atoms with E-state index in [2.05, 4.69) is 16.0 Å². The Morgan fingerprint density at radius 2 is 1.92 bits per heavy atom. The Kier molecular flexibility index (Phi) is 5.32. The first-order valence-electron chi connectivity index (χ1n) is 7.57. The molecule has 1 fully saturated rings. The topological polar surface area (TPSA) is 108 Å². The van der Waals surface area contributed by atoms with Crippen molar-refractivity contribution in [2.75, 3.05) is 18.4 Å². The Balaban J connectivity index is 1.86. The van der Waals surface area contributed by atoms with Gasteiger partial charge in [-0.2, -0.15) is 0 Å². The van der Waals surface area contributed by atoms with Crippen molar-refractivity contribution in [1.82, 2.24) is 15.5 Å². The van der Waals surface area contributed by atoms with E-state index in [1.54, 1.807) is 39.0 Å². The van der Waals surface area contributed by atoms with Crippen LogP contribution >= 0.6 is 11.6 Å². The molecule has 0 aromatic heterocycles. The molecule has 134 valence electrons. The molecule has 1 aromatic carbocycles. The normalized spacial score (nSPS) is 15.8. The van der Waals surface area contributed by atoms with E-state index >= 15 is 0 Å². The minimum atomic E-state index is -1.04. The van der Waals surface area contributed by atoms with E-state index in [4.69, 9.17) is 11.6 Å². The zero-order valence-corrected chi connectivity index (χ0v) is 14.9. The van der Waals surface area contributed by atoms with E-state index in [0.717, 1.165) is 4.90 Å². The Morgan fingerprint density at radius 3 is 2.52 bits per heavy atom. The molecule has 0 radical (unpaired) electrons. The number of rotatable bonds is 5. The summed E-state index contributed by atoms with van der Waals surface area (Å²) in [6.07, 6.45) is 0. The lowest BCUT2D eigenvalue weighted by Crippen LogP contribution is -2.44. The number of imide groups is 1. The molecular weight excluding hydrogens is 348 g/mol. The number of carbonyl (C=O) groups excluding carboxylic acids is 4. The van der Waals surface area contributed by atoms with Gasteiger partial charge >= 0.3 is 6.03 Å². The molecule has 1 saturated heterocycles. The summed E-state index contributed by atoms with van der Waals surface area (Å²) in [5.74, 6) is -1.55. The first-order chi connectivity index (χ1) is 11.6. The number of nitrogens with one attached hydrogen (secondary N) is 3. The number of halogens is 1. The fourth-order valence-electron chi connectivity index (χ4n) is 2.28. The van der Waals surface area contributed by atoms with Gasteiger partial charge in [0, 0.05) is 10.7 Å². The second-order valence-electron chi connectivity index (χ2n) is 6.18. The molecule has 2 rings (SSSR count). The Bertz CT molecular complexity index is 748. The van der Waals surface area contributed by atoms with Gasteiger partial charge in [0.15, 0.2) is 0 Å². The number of urea groups is 1. The summed E-state index contributed by atoms with van der Waals surface area (Å²) in [5, 5.41) is 8.00. The molecule has 5 amide bonds. The zero-order chi connectivity index (χ0) is 18.8. The van der Waals surface area contributed by atoms with Crippen molar-refractivity contribution in [2.45, 2.75) is 26.3 Å². The summed E-state index contributed by atoms with van der Waals surface area (Å²) in [6.45, 7) is 4.11. The van der Waals surface area contributed by atoms with Crippen LogP contribution in [0.25, 0.3) is 0 Å². The standard InChI is InChI=1S/C16H19ClN4O4/c1-9-10(17)5-4-6-11(9)19-12(22)7-18-13(23)8-21-14(24)16(2,3)20-15(21)25/h4-6H,7-8H2,1-3H3,(H,18,23)(H,19,22)(H,20,25). The first-order valence-corrected chi connectivity index (χ1v) is 7.95. The minimum absolute atomic E-state index is 0.294. The highest BCUT2D eigenvalue weighted by atomic mass is 35.5. The first kappa shape index (κ1) is 18.7. The summed E-state index contributed by atoms with van der Waals surface area (Å²) in [7, 11) is 0. The van der Waals surface area contributed by atoms with Crippen molar-refractivity contribution < 1.29 is 19.2 Å². The number of amides is 5. The van der Waals surface area contributed by atoms with E-state index in [9.17, 15) is 19.2 Å². The number of nitrogens with zero attached hydrogens (tertiary/aromatic N) is 1. The summed E-state index contributed by atoms with van der Waals surface area (Å²) in [5.41, 5.74) is 0.215. The molecule has 3 N–H and O–H groups in total. The lowest BCUT2D eigenvalue weighted by Gasteiger charge is -2.15. The Morgan fingerprint density at radius 1 is 1.24 bits per heavy atom. The molecule has 0 spiro atoms. The van der Waals surface area contributed by atoms with Crippen molar-refractivity contribution in [1.29, 1.82) is 0 Å². The van der Waals surface area contributed by atoms with Gasteiger partial charge in [0.05, 0.1) is 6.54 Å². The van der Waals surface area contributed by atoms with Crippen LogP contribution in [0.2, 0.25) is 5.02 Å². The summed E-state index contributed by atoms with van der Waals surface area (Å²) < 4.78 is 0. The van der Waals surface area contributed by atoms with Crippen molar-refractivity contribution in [3.05, 3.63) is 28.8 Å². The smallest absolute Gasteiger partial charge is 0.325 e. The maximum Gasteiger partial charge on any atom is 0.325 e. The number of benzene rings is 1. The van der Waals surface area contributed by atoms with Crippen LogP contribution in [0.5, 0.6) is 0 Å². The SMILES string of the molecule is Cc1c(Cl)cccc1NC(=O)CNC(=O)CN1C(=O)NC(C)(C)C1=O. The summed E-state index contributed by atoms with van der Waals surface area (Å²) in [4.78, 5) is 48.3. The van der Waals surface area contributed by atoms with Crippen LogP contribution in [-0.4, -0.2) is 47.3 Å². The summed E-state index contributed by atoms with van der Waals surface area (Å²) in [6, 6.07) is 4.46. The van der Waals surface area contributed by atoms with Gasteiger partial charge in [0.1, 0.15) is 12.1 Å². The highest BCUT2D eigenvalue weighted by Gasteiger charge is 2.44. The molecule has 0 aliphatic carbocycles. The predicted octanol–water partition coefficient (Wildman–Crippen LogP) is 1.03. The van der Waals surface area contributed by atoms with Gasteiger partial charge in [-0.15, -0.1) is 0 Å². The van der Waals surface area contributed by atoms with Crippen molar-refractivity contribution in [3.63, 3.8) is 0 Å². The largest absolute Gasteiger partial charge is 0.345 e. The van der Waals surface area contributed by atoms with E-state index in [-0.39, 0.29) is 6.54 Å². The molecular formula is C16H19ClN4O4. The van der Waals surface area contributed by atoms with Crippen LogP contribution in [0.4, 0.5) is 10.5 Å². The lowest BCUT2D eigenvalue weighted by atomic mass is 10.1. The monoisotopic (exact) mass is 366 g/mol. The second-order valence-corrected chi connectivity index (χ2v) is 6.59. The van der Waals surface area contributed by atoms with Crippen LogP contribution in [0.3, 0.4) is 0 Å². The van der Waals surface area contributed by atoms with Crippen LogP contribution in [0, 0.1) is 6.92 Å². The van der Waals surface area contributed by atoms with Crippen molar-refractivity contribution in [2.24, 2.45) is 0 Å². The number of hydrogen-bond acceptors (Lipinski definition) is 4. The molecule has 0 saturated carbocycles. The van der Waals surface area contributed by atoms with Gasteiger partial charge in [0.25, 0.3) is 5.91 Å². The third kappa shape index (κ3) is 4.27. The molecule has 1 aromatic rings. The fourth-order valence-corrected chi connectivity index (χ4v) is 2.45. The quantitative estimate of drug-likeness (QED) is 0.676. The van der Waals surface area contributed by atoms with Crippen LogP contribution in [0.1, 0.15) is 19.4 Å². The van der Waals surface area contributed by atoms with Crippen LogP contribution < -0.4 is 16.0 Å². The van der Waals surface area contributed by atoms with Gasteiger partial charge < -0.3 is 16.0 Å². The zero-order valence-electron chi connectivity index (χ0n) is 14.1. The predicted molar refractivity (Wildman–Crippen MR) is 92.2 cm³/mol. The van der Waals surface area contributed by atoms with Gasteiger partial charge in [-0.1, -0.05) is 17.7 Å². The summed E-state index contributed by atoms with van der Waals surface area (Å²) >= 11 is 5.97. The lowest BCUT2D eigenvalue weighted by molar-refractivity contribution is -0.134. The van der Waals surface area contributed by atoms with Crippen LogP contribution in [-0.2, 0) is 14.4 Å². The average Bonchev–Trinajstić information content (AvgIpc) is 2.72. The molecule has 1 aliphatic heterocycles. The number of carbonyl (C=O) groups is 4. The molecule has 0 unspecified atom stereocenters. The molecule has 1 heterocycles. The molecule has 8 nitrogen and oxygen atoms in total. The van der Waals surface area contributed by atoms with E-state index in [1.165, 1.54) is 0 Å². The maximum absolute atomic E-state index is 12.0. The highest BCUT2D eigenvalue weighted by Crippen LogP contribution is 2.22. The molecule has 9 heteroatoms. The molecule has 0 atom stereocenters. The van der Waals surface area contributed by atoms with Crippen LogP contribution in [0.15, 0.2) is 18.2 Å². The van der Waals surface area contributed by atoms with E-state index in [0.29, 0.717) is 16.3 Å². The minimum Gasteiger partial charge on any atom is -0.345 e. The Labute approximate surface area is 149 Å². The van der Waals surface area contributed by atoms with E-state index in [1.807, 2.05) is 0 Å². The van der Waals surface area contributed by atoms with Crippen molar-refractivity contribution >= 4 is 41.0 Å². The molecule has 25 heavy (non-hydrogen) atoms. The molecule has 1 aliphatic rings. The van der Waals surface area contributed by atoms with Gasteiger partial charge in [0.2, 0.25) is 11.8 Å². The van der Waals surface area contributed by atoms with Gasteiger partial charge in [-0.3, -0.25) is 19.3 Å². The van der Waals surface area contributed by atoms with Gasteiger partial charge in [-0.05, 0) is 38.5 Å². The van der Waals surface area contributed by atoms with Gasteiger partial charge in [-0.25, -0.2) is 4.79 Å². The third-order valence-corrected chi connectivity index (χ3v) is 4.14. The highest BCUT2D eigenvalue weighted by molar-refractivity contribution is 6.31. The fraction of sp³-hybridized carbons (Fsp3) is 0.375. The Hall–Kier alpha value is -2.61. The average molecular weight is 367 g/mol. The van der Waals surface area contributed by atoms with Crippen molar-refractivity contribution in [3.8, 4) is 0 Å². The van der Waals surface area contributed by atoms with E-state index < -0.39 is 35.8 Å². The number of hydrogen-bond donors (Lipinski definition) is 3. The maximum atomic E-state index is 12.0. The number of anilines is 1. The molecule has 0 bridgehead atoms. The third-order valence-electron chi connectivity index (χ3n) is 3.73. The second kappa shape index (κ2) is 7.10.